The molecule has 1 fully saturated rings. The van der Waals surface area contributed by atoms with Crippen LogP contribution in [0.3, 0.4) is 0 Å². The molecule has 0 spiro atoms. The highest BCUT2D eigenvalue weighted by Gasteiger charge is 2.33. The van der Waals surface area contributed by atoms with Crippen molar-refractivity contribution in [2.45, 2.75) is 57.4 Å². The molecule has 3 aromatic carbocycles. The molecule has 8 heteroatoms. The summed E-state index contributed by atoms with van der Waals surface area (Å²) in [5.41, 5.74) is 1.98. The minimum Gasteiger partial charge on any atom is -0.342 e. The molecule has 0 aliphatic carbocycles. The van der Waals surface area contributed by atoms with E-state index in [0.717, 1.165) is 18.4 Å². The molecule has 1 heterocycles. The normalized spacial score (nSPS) is 18.1. The lowest BCUT2D eigenvalue weighted by Crippen LogP contribution is -2.52. The number of hydrogen-bond donors (Lipinski definition) is 2. The third kappa shape index (κ3) is 5.86. The third-order valence-corrected chi connectivity index (χ3v) is 8.74. The monoisotopic (exact) mass is 521 g/mol. The van der Waals surface area contributed by atoms with E-state index in [-0.39, 0.29) is 28.7 Å². The summed E-state index contributed by atoms with van der Waals surface area (Å²) in [6, 6.07) is 17.5. The van der Waals surface area contributed by atoms with Crippen LogP contribution in [0.2, 0.25) is 0 Å². The van der Waals surface area contributed by atoms with Gasteiger partial charge in [-0.25, -0.2) is 13.1 Å². The molecule has 1 aliphatic rings. The summed E-state index contributed by atoms with van der Waals surface area (Å²) in [6.45, 7) is 7.00. The molecular formula is C29H35N3O4S. The van der Waals surface area contributed by atoms with Crippen molar-refractivity contribution in [1.29, 1.82) is 0 Å². The summed E-state index contributed by atoms with van der Waals surface area (Å²) >= 11 is 0. The van der Waals surface area contributed by atoms with E-state index in [1.54, 1.807) is 30.3 Å². The number of nitrogens with one attached hydrogen (secondary N) is 2. The van der Waals surface area contributed by atoms with Gasteiger partial charge in [-0.15, -0.1) is 0 Å². The number of amides is 2. The van der Waals surface area contributed by atoms with Crippen molar-refractivity contribution in [1.82, 2.24) is 9.62 Å². The molecule has 196 valence electrons. The number of fused-ring (bicyclic) bond motifs is 1. The van der Waals surface area contributed by atoms with Crippen LogP contribution in [-0.2, 0) is 14.8 Å². The van der Waals surface area contributed by atoms with Gasteiger partial charge < -0.3 is 10.2 Å². The van der Waals surface area contributed by atoms with Crippen LogP contribution in [0, 0.1) is 12.8 Å². The van der Waals surface area contributed by atoms with Gasteiger partial charge in [-0.05, 0) is 49.4 Å². The average Bonchev–Trinajstić information content (AvgIpc) is 2.89. The van der Waals surface area contributed by atoms with Gasteiger partial charge in [0.15, 0.2) is 0 Å². The SMILES string of the molecule is CCCC(=O)N1CC[C@@H](NS(=O)(=O)c2ccc(NC(=O)c3ccccc3C)c3ccccc23)[C@H](CC)C1. The molecule has 0 unspecified atom stereocenters. The first-order valence-corrected chi connectivity index (χ1v) is 14.4. The number of piperidine rings is 1. The van der Waals surface area contributed by atoms with Crippen LogP contribution in [0.4, 0.5) is 5.69 Å². The molecule has 37 heavy (non-hydrogen) atoms. The number of likely N-dealkylation sites (tertiary alicyclic amines) is 1. The zero-order valence-electron chi connectivity index (χ0n) is 21.7. The molecule has 2 atom stereocenters. The molecule has 3 aromatic rings. The minimum atomic E-state index is -3.85. The molecule has 1 aliphatic heterocycles. The summed E-state index contributed by atoms with van der Waals surface area (Å²) in [7, 11) is -3.85. The van der Waals surface area contributed by atoms with Gasteiger partial charge in [0.05, 0.1) is 4.90 Å². The van der Waals surface area contributed by atoms with E-state index in [2.05, 4.69) is 10.0 Å². The van der Waals surface area contributed by atoms with Crippen LogP contribution in [0.5, 0.6) is 0 Å². The Kier molecular flexibility index (Phi) is 8.29. The Labute approximate surface area is 219 Å². The molecule has 0 saturated carbocycles. The average molecular weight is 522 g/mol. The topological polar surface area (TPSA) is 95.6 Å². The number of sulfonamides is 1. The quantitative estimate of drug-likeness (QED) is 0.431. The fraction of sp³-hybridized carbons (Fsp3) is 0.379. The number of anilines is 1. The summed E-state index contributed by atoms with van der Waals surface area (Å²) in [6.07, 6.45) is 2.67. The van der Waals surface area contributed by atoms with E-state index < -0.39 is 10.0 Å². The van der Waals surface area contributed by atoms with Gasteiger partial charge in [0.1, 0.15) is 0 Å². The molecule has 0 aromatic heterocycles. The highest BCUT2D eigenvalue weighted by atomic mass is 32.2. The van der Waals surface area contributed by atoms with Crippen molar-refractivity contribution in [3.8, 4) is 0 Å². The van der Waals surface area contributed by atoms with E-state index in [4.69, 9.17) is 0 Å². The highest BCUT2D eigenvalue weighted by molar-refractivity contribution is 7.89. The predicted molar refractivity (Wildman–Crippen MR) is 147 cm³/mol. The highest BCUT2D eigenvalue weighted by Crippen LogP contribution is 2.31. The van der Waals surface area contributed by atoms with Crippen LogP contribution in [0.15, 0.2) is 65.6 Å². The summed E-state index contributed by atoms with van der Waals surface area (Å²) in [5, 5.41) is 4.15. The zero-order chi connectivity index (χ0) is 26.6. The van der Waals surface area contributed by atoms with Crippen molar-refractivity contribution in [3.63, 3.8) is 0 Å². The number of hydrogen-bond acceptors (Lipinski definition) is 4. The molecule has 2 amide bonds. The van der Waals surface area contributed by atoms with Crippen LogP contribution in [-0.4, -0.2) is 44.3 Å². The number of carbonyl (C=O) groups excluding carboxylic acids is 2. The van der Waals surface area contributed by atoms with Crippen LogP contribution >= 0.6 is 0 Å². The molecule has 0 radical (unpaired) electrons. The maximum atomic E-state index is 13.6. The molecule has 4 rings (SSSR count). The van der Waals surface area contributed by atoms with E-state index in [1.807, 2.05) is 56.0 Å². The second-order valence-corrected chi connectivity index (χ2v) is 11.4. The first kappa shape index (κ1) is 26.8. The van der Waals surface area contributed by atoms with Crippen LogP contribution in [0.1, 0.15) is 55.5 Å². The smallest absolute Gasteiger partial charge is 0.255 e. The van der Waals surface area contributed by atoms with Gasteiger partial charge in [0, 0.05) is 47.6 Å². The Bertz CT molecular complexity index is 1400. The Morgan fingerprint density at radius 1 is 0.973 bits per heavy atom. The minimum absolute atomic E-state index is 0.0447. The van der Waals surface area contributed by atoms with Gasteiger partial charge in [-0.1, -0.05) is 62.7 Å². The van der Waals surface area contributed by atoms with Gasteiger partial charge >= 0.3 is 0 Å². The standard InChI is InChI=1S/C29H35N3O4S/c1-4-10-28(33)32-18-17-25(21(5-2)19-32)31-37(35,36)27-16-15-26(23-13-8-9-14-24(23)27)30-29(34)22-12-7-6-11-20(22)3/h6-9,11-16,21,25,31H,4-5,10,17-19H2,1-3H3,(H,30,34)/t21-,25-/m1/s1. The summed E-state index contributed by atoms with van der Waals surface area (Å²) in [5.74, 6) is -0.0630. The lowest BCUT2D eigenvalue weighted by Gasteiger charge is -2.38. The van der Waals surface area contributed by atoms with Crippen LogP contribution in [0.25, 0.3) is 10.8 Å². The Morgan fingerprint density at radius 2 is 1.68 bits per heavy atom. The van der Waals surface area contributed by atoms with Crippen molar-refractivity contribution in [3.05, 3.63) is 71.8 Å². The number of benzene rings is 3. The lowest BCUT2D eigenvalue weighted by molar-refractivity contribution is -0.133. The van der Waals surface area contributed by atoms with E-state index in [1.165, 1.54) is 0 Å². The number of nitrogens with zero attached hydrogens (tertiary/aromatic N) is 1. The van der Waals surface area contributed by atoms with Gasteiger partial charge in [-0.2, -0.15) is 0 Å². The van der Waals surface area contributed by atoms with Crippen molar-refractivity contribution >= 4 is 38.3 Å². The first-order chi connectivity index (χ1) is 17.7. The number of carbonyl (C=O) groups is 2. The van der Waals surface area contributed by atoms with Crippen molar-refractivity contribution < 1.29 is 18.0 Å². The number of aryl methyl sites for hydroxylation is 1. The predicted octanol–water partition coefficient (Wildman–Crippen LogP) is 5.11. The maximum absolute atomic E-state index is 13.6. The number of rotatable bonds is 8. The van der Waals surface area contributed by atoms with Gasteiger partial charge in [0.2, 0.25) is 15.9 Å². The van der Waals surface area contributed by atoms with E-state index in [9.17, 15) is 18.0 Å². The zero-order valence-corrected chi connectivity index (χ0v) is 22.5. The van der Waals surface area contributed by atoms with E-state index in [0.29, 0.717) is 48.0 Å². The molecule has 7 nitrogen and oxygen atoms in total. The fourth-order valence-electron chi connectivity index (χ4n) is 5.09. The Hall–Kier alpha value is -3.23. The second kappa shape index (κ2) is 11.4. The molecular weight excluding hydrogens is 486 g/mol. The molecule has 2 N–H and O–H groups in total. The summed E-state index contributed by atoms with van der Waals surface area (Å²) < 4.78 is 30.2. The molecule has 1 saturated heterocycles. The lowest BCUT2D eigenvalue weighted by atomic mass is 9.90. The maximum Gasteiger partial charge on any atom is 0.255 e. The van der Waals surface area contributed by atoms with Gasteiger partial charge in [-0.3, -0.25) is 9.59 Å². The van der Waals surface area contributed by atoms with E-state index >= 15 is 0 Å². The first-order valence-electron chi connectivity index (χ1n) is 12.9. The van der Waals surface area contributed by atoms with Crippen molar-refractivity contribution in [2.75, 3.05) is 18.4 Å². The van der Waals surface area contributed by atoms with Crippen molar-refractivity contribution in [2.24, 2.45) is 5.92 Å². The molecule has 0 bridgehead atoms. The Morgan fingerprint density at radius 3 is 2.38 bits per heavy atom. The second-order valence-electron chi connectivity index (χ2n) is 9.70. The van der Waals surface area contributed by atoms with Gasteiger partial charge in [0.25, 0.3) is 5.91 Å². The van der Waals surface area contributed by atoms with Crippen LogP contribution < -0.4 is 10.0 Å². The fourth-order valence-corrected chi connectivity index (χ4v) is 6.64. The third-order valence-electron chi connectivity index (χ3n) is 7.19. The summed E-state index contributed by atoms with van der Waals surface area (Å²) in [4.78, 5) is 27.4. The largest absolute Gasteiger partial charge is 0.342 e. The Balaban J connectivity index is 1.59.